The fourth-order valence-electron chi connectivity index (χ4n) is 1.63. The van der Waals surface area contributed by atoms with Crippen LogP contribution in [0.1, 0.15) is 25.1 Å². The smallest absolute Gasteiger partial charge is 0.0931 e. The zero-order chi connectivity index (χ0) is 11.8. The molecule has 0 radical (unpaired) electrons. The lowest BCUT2D eigenvalue weighted by molar-refractivity contribution is 0.298. The van der Waals surface area contributed by atoms with Crippen molar-refractivity contribution in [3.8, 4) is 0 Å². The van der Waals surface area contributed by atoms with Crippen LogP contribution in [0.2, 0.25) is 4.34 Å². The van der Waals surface area contributed by atoms with E-state index in [0.717, 1.165) is 30.5 Å². The summed E-state index contributed by atoms with van der Waals surface area (Å²) in [4.78, 5) is 3.76. The van der Waals surface area contributed by atoms with Gasteiger partial charge in [-0.1, -0.05) is 25.4 Å². The van der Waals surface area contributed by atoms with Crippen LogP contribution >= 0.6 is 22.9 Å². The van der Waals surface area contributed by atoms with Crippen LogP contribution < -0.4 is 5.32 Å². The number of hydrogen-bond acceptors (Lipinski definition) is 3. The van der Waals surface area contributed by atoms with E-state index in [0.29, 0.717) is 0 Å². The monoisotopic (exact) mass is 260 g/mol. The molecule has 0 saturated heterocycles. The average Bonchev–Trinajstić information content (AvgIpc) is 2.70. The quantitative estimate of drug-likeness (QED) is 0.722. The van der Waals surface area contributed by atoms with Crippen LogP contribution in [0, 0.1) is 0 Å². The summed E-state index contributed by atoms with van der Waals surface area (Å²) >= 11 is 7.52. The maximum Gasteiger partial charge on any atom is 0.0931 e. The molecule has 2 nitrogen and oxygen atoms in total. The van der Waals surface area contributed by atoms with Gasteiger partial charge in [0.1, 0.15) is 0 Å². The van der Waals surface area contributed by atoms with Gasteiger partial charge in [-0.2, -0.15) is 0 Å². The zero-order valence-electron chi connectivity index (χ0n) is 10.1. The second kappa shape index (κ2) is 8.07. The summed E-state index contributed by atoms with van der Waals surface area (Å²) in [5.41, 5.74) is 0. The van der Waals surface area contributed by atoms with Gasteiger partial charge in [0.15, 0.2) is 0 Å². The molecule has 0 spiro atoms. The van der Waals surface area contributed by atoms with Crippen molar-refractivity contribution in [3.63, 3.8) is 0 Å². The molecule has 0 saturated carbocycles. The molecule has 0 aliphatic carbocycles. The van der Waals surface area contributed by atoms with E-state index in [9.17, 15) is 0 Å². The molecule has 1 aromatic rings. The van der Waals surface area contributed by atoms with E-state index in [2.05, 4.69) is 30.1 Å². The fraction of sp³-hybridized carbons (Fsp3) is 0.667. The molecule has 1 rings (SSSR count). The van der Waals surface area contributed by atoms with E-state index in [1.807, 2.05) is 6.07 Å². The molecule has 0 aliphatic rings. The molecule has 1 N–H and O–H groups in total. The van der Waals surface area contributed by atoms with Gasteiger partial charge >= 0.3 is 0 Å². The fourth-order valence-corrected chi connectivity index (χ4v) is 2.68. The molecule has 1 heterocycles. The van der Waals surface area contributed by atoms with Crippen LogP contribution in [-0.4, -0.2) is 31.1 Å². The largest absolute Gasteiger partial charge is 0.312 e. The molecule has 0 bridgehead atoms. The summed E-state index contributed by atoms with van der Waals surface area (Å²) in [5.74, 6) is 0. The molecule has 0 unspecified atom stereocenters. The molecular formula is C12H21ClN2S. The van der Waals surface area contributed by atoms with E-state index in [1.165, 1.54) is 17.8 Å². The summed E-state index contributed by atoms with van der Waals surface area (Å²) in [6.45, 7) is 9.93. The zero-order valence-corrected chi connectivity index (χ0v) is 11.7. The van der Waals surface area contributed by atoms with E-state index in [1.54, 1.807) is 11.3 Å². The van der Waals surface area contributed by atoms with Crippen LogP contribution in [0.25, 0.3) is 0 Å². The Morgan fingerprint density at radius 3 is 2.62 bits per heavy atom. The van der Waals surface area contributed by atoms with E-state index < -0.39 is 0 Å². The Hall–Kier alpha value is -0.0900. The molecule has 0 fully saturated rings. The first-order valence-corrected chi connectivity index (χ1v) is 7.13. The van der Waals surface area contributed by atoms with Gasteiger partial charge in [0, 0.05) is 11.4 Å². The van der Waals surface area contributed by atoms with Gasteiger partial charge in [-0.15, -0.1) is 11.3 Å². The average molecular weight is 261 g/mol. The third-order valence-corrected chi connectivity index (χ3v) is 3.88. The van der Waals surface area contributed by atoms with Crippen molar-refractivity contribution in [2.45, 2.75) is 26.8 Å². The highest BCUT2D eigenvalue weighted by molar-refractivity contribution is 7.16. The Labute approximate surface area is 108 Å². The van der Waals surface area contributed by atoms with E-state index >= 15 is 0 Å². The van der Waals surface area contributed by atoms with Crippen LogP contribution in [0.15, 0.2) is 12.1 Å². The van der Waals surface area contributed by atoms with Crippen LogP contribution in [0.3, 0.4) is 0 Å². The van der Waals surface area contributed by atoms with E-state index in [4.69, 9.17) is 11.6 Å². The SMILES string of the molecule is CCN(CC)CCCNCc1ccc(Cl)s1. The van der Waals surface area contributed by atoms with E-state index in [-0.39, 0.29) is 0 Å². The van der Waals surface area contributed by atoms with Gasteiger partial charge in [-0.3, -0.25) is 0 Å². The molecule has 16 heavy (non-hydrogen) atoms. The molecule has 0 aliphatic heterocycles. The first-order chi connectivity index (χ1) is 7.76. The maximum atomic E-state index is 5.86. The van der Waals surface area contributed by atoms with Gasteiger partial charge in [-0.05, 0) is 44.7 Å². The van der Waals surface area contributed by atoms with Crippen LogP contribution in [0.5, 0.6) is 0 Å². The topological polar surface area (TPSA) is 15.3 Å². The number of thiophene rings is 1. The minimum absolute atomic E-state index is 0.875. The van der Waals surface area contributed by atoms with Crippen molar-refractivity contribution in [2.75, 3.05) is 26.2 Å². The normalized spacial score (nSPS) is 11.2. The lowest BCUT2D eigenvalue weighted by Crippen LogP contribution is -2.27. The Morgan fingerprint density at radius 2 is 2.06 bits per heavy atom. The third-order valence-electron chi connectivity index (χ3n) is 2.65. The maximum absolute atomic E-state index is 5.86. The predicted octanol–water partition coefficient (Wildman–Crippen LogP) is 3.22. The number of nitrogens with zero attached hydrogens (tertiary/aromatic N) is 1. The molecule has 0 atom stereocenters. The minimum atomic E-state index is 0.875. The second-order valence-corrected chi connectivity index (χ2v) is 5.56. The van der Waals surface area contributed by atoms with Gasteiger partial charge in [0.05, 0.1) is 4.34 Å². The summed E-state index contributed by atoms with van der Waals surface area (Å²) in [5, 5.41) is 3.44. The molecule has 0 aromatic carbocycles. The Kier molecular flexibility index (Phi) is 7.05. The van der Waals surface area contributed by atoms with Crippen LogP contribution in [0.4, 0.5) is 0 Å². The Bertz CT molecular complexity index is 284. The van der Waals surface area contributed by atoms with Crippen molar-refractivity contribution in [1.29, 1.82) is 0 Å². The lowest BCUT2D eigenvalue weighted by Gasteiger charge is -2.17. The van der Waals surface area contributed by atoms with Gasteiger partial charge in [0.2, 0.25) is 0 Å². The molecule has 1 aromatic heterocycles. The van der Waals surface area contributed by atoms with Gasteiger partial charge in [-0.25, -0.2) is 0 Å². The number of hydrogen-bond donors (Lipinski definition) is 1. The van der Waals surface area contributed by atoms with Crippen molar-refractivity contribution in [1.82, 2.24) is 10.2 Å². The van der Waals surface area contributed by atoms with Crippen molar-refractivity contribution in [3.05, 3.63) is 21.3 Å². The third kappa shape index (κ3) is 5.30. The van der Waals surface area contributed by atoms with Gasteiger partial charge < -0.3 is 10.2 Å². The number of halogens is 1. The minimum Gasteiger partial charge on any atom is -0.312 e. The number of nitrogens with one attached hydrogen (secondary N) is 1. The summed E-state index contributed by atoms with van der Waals surface area (Å²) < 4.78 is 0.875. The summed E-state index contributed by atoms with van der Waals surface area (Å²) in [7, 11) is 0. The lowest BCUT2D eigenvalue weighted by atomic mass is 10.3. The Balaban J connectivity index is 2.04. The Morgan fingerprint density at radius 1 is 1.31 bits per heavy atom. The summed E-state index contributed by atoms with van der Waals surface area (Å²) in [6, 6.07) is 4.05. The first kappa shape index (κ1) is 14.0. The number of rotatable bonds is 8. The first-order valence-electron chi connectivity index (χ1n) is 5.93. The molecule has 92 valence electrons. The molecule has 0 amide bonds. The predicted molar refractivity (Wildman–Crippen MR) is 73.4 cm³/mol. The van der Waals surface area contributed by atoms with Gasteiger partial charge in [0.25, 0.3) is 0 Å². The standard InChI is InChI=1S/C12H21ClN2S/c1-3-15(4-2)9-5-8-14-10-11-6-7-12(13)16-11/h6-7,14H,3-5,8-10H2,1-2H3. The second-order valence-electron chi connectivity index (χ2n) is 3.76. The molecule has 4 heteroatoms. The highest BCUT2D eigenvalue weighted by atomic mass is 35.5. The van der Waals surface area contributed by atoms with Crippen molar-refractivity contribution < 1.29 is 0 Å². The van der Waals surface area contributed by atoms with Crippen LogP contribution in [-0.2, 0) is 6.54 Å². The molecular weight excluding hydrogens is 240 g/mol. The highest BCUT2D eigenvalue weighted by Crippen LogP contribution is 2.20. The van der Waals surface area contributed by atoms with Crippen molar-refractivity contribution in [2.24, 2.45) is 0 Å². The highest BCUT2D eigenvalue weighted by Gasteiger charge is 1.99. The summed E-state index contributed by atoms with van der Waals surface area (Å²) in [6.07, 6.45) is 1.21. The van der Waals surface area contributed by atoms with Crippen molar-refractivity contribution >= 4 is 22.9 Å².